The average Bonchev–Trinajstić information content (AvgIpc) is 2.03. The topological polar surface area (TPSA) is 78.2 Å². The predicted molar refractivity (Wildman–Crippen MR) is 50.2 cm³/mol. The number of hydrogen-bond donors (Lipinski definition) is 1. The summed E-state index contributed by atoms with van der Waals surface area (Å²) in [5.74, 6) is -0.149. The summed E-state index contributed by atoms with van der Waals surface area (Å²) in [6, 6.07) is 3.94. The molecule has 1 rings (SSSR count). The Morgan fingerprint density at radius 3 is 2.54 bits per heavy atom. The highest BCUT2D eigenvalue weighted by atomic mass is 32.2. The third-order valence-electron chi connectivity index (χ3n) is 1.44. The van der Waals surface area contributed by atoms with Gasteiger partial charge in [0.1, 0.15) is 10.6 Å². The molecule has 0 atom stereocenters. The fourth-order valence-electron chi connectivity index (χ4n) is 0.875. The lowest BCUT2D eigenvalue weighted by Gasteiger charge is -2.03. The molecule has 71 valence electrons. The molecular formula is C7H8NO3S2. The number of aromatic hydroxyl groups is 1. The highest BCUT2D eigenvalue weighted by Crippen LogP contribution is 2.27. The maximum atomic E-state index is 10.9. The Hall–Kier alpha value is -0.720. The van der Waals surface area contributed by atoms with Gasteiger partial charge in [-0.3, -0.25) is 0 Å². The van der Waals surface area contributed by atoms with Gasteiger partial charge in [0, 0.05) is 11.0 Å². The van der Waals surface area contributed by atoms with Gasteiger partial charge in [-0.15, -0.1) is 16.9 Å². The van der Waals surface area contributed by atoms with Crippen molar-refractivity contribution in [1.82, 2.24) is 5.14 Å². The van der Waals surface area contributed by atoms with Gasteiger partial charge >= 0.3 is 0 Å². The monoisotopic (exact) mass is 218 g/mol. The Morgan fingerprint density at radius 1 is 1.46 bits per heavy atom. The summed E-state index contributed by atoms with van der Waals surface area (Å²) >= 11 is 1.22. The lowest BCUT2D eigenvalue weighted by molar-refractivity contribution is 0.472. The SMILES string of the molecule is CSc1ccc(O)cc1S([NH])(=O)=O. The predicted octanol–water partition coefficient (Wildman–Crippen LogP) is 1.09. The quantitative estimate of drug-likeness (QED) is 0.753. The van der Waals surface area contributed by atoms with E-state index in [0.29, 0.717) is 4.90 Å². The first-order valence-corrected chi connectivity index (χ1v) is 6.02. The number of thioether (sulfide) groups is 1. The number of nitrogens with one attached hydrogen (secondary N) is 1. The molecule has 6 heteroatoms. The lowest BCUT2D eigenvalue weighted by atomic mass is 10.3. The van der Waals surface area contributed by atoms with Crippen LogP contribution in [0.15, 0.2) is 28.0 Å². The van der Waals surface area contributed by atoms with Gasteiger partial charge in [0.25, 0.3) is 10.0 Å². The Balaban J connectivity index is 3.41. The van der Waals surface area contributed by atoms with Crippen LogP contribution in [0.2, 0.25) is 0 Å². The Bertz CT molecular complexity index is 414. The van der Waals surface area contributed by atoms with E-state index in [9.17, 15) is 8.42 Å². The third-order valence-corrected chi connectivity index (χ3v) is 3.28. The molecule has 0 aliphatic heterocycles. The molecule has 4 nitrogen and oxygen atoms in total. The van der Waals surface area contributed by atoms with Crippen molar-refractivity contribution < 1.29 is 13.5 Å². The number of benzene rings is 1. The first kappa shape index (κ1) is 10.4. The summed E-state index contributed by atoms with van der Waals surface area (Å²) in [4.78, 5) is 0.313. The summed E-state index contributed by atoms with van der Waals surface area (Å²) in [6.07, 6.45) is 1.71. The fourth-order valence-corrected chi connectivity index (χ4v) is 2.53. The van der Waals surface area contributed by atoms with Crippen LogP contribution in [0.5, 0.6) is 5.75 Å². The van der Waals surface area contributed by atoms with Gasteiger partial charge in [-0.2, -0.15) is 0 Å². The number of phenols is 1. The van der Waals surface area contributed by atoms with Crippen molar-refractivity contribution in [2.24, 2.45) is 0 Å². The van der Waals surface area contributed by atoms with Crippen molar-refractivity contribution in [1.29, 1.82) is 0 Å². The van der Waals surface area contributed by atoms with E-state index in [2.05, 4.69) is 0 Å². The van der Waals surface area contributed by atoms with E-state index >= 15 is 0 Å². The van der Waals surface area contributed by atoms with Crippen LogP contribution >= 0.6 is 11.8 Å². The first-order chi connectivity index (χ1) is 5.95. The van der Waals surface area contributed by atoms with E-state index in [1.54, 1.807) is 6.26 Å². The summed E-state index contributed by atoms with van der Waals surface area (Å²) in [6.45, 7) is 0. The molecular weight excluding hydrogens is 210 g/mol. The molecule has 0 unspecified atom stereocenters. The molecule has 0 bridgehead atoms. The van der Waals surface area contributed by atoms with Gasteiger partial charge in [0.05, 0.1) is 0 Å². The highest BCUT2D eigenvalue weighted by molar-refractivity contribution is 7.99. The van der Waals surface area contributed by atoms with E-state index < -0.39 is 10.0 Å². The van der Waals surface area contributed by atoms with Gasteiger partial charge in [-0.1, -0.05) is 0 Å². The molecule has 13 heavy (non-hydrogen) atoms. The van der Waals surface area contributed by atoms with Crippen molar-refractivity contribution in [3.05, 3.63) is 18.2 Å². The van der Waals surface area contributed by atoms with E-state index in [1.165, 1.54) is 23.9 Å². The minimum Gasteiger partial charge on any atom is -0.508 e. The van der Waals surface area contributed by atoms with Crippen LogP contribution in [0.1, 0.15) is 0 Å². The van der Waals surface area contributed by atoms with Crippen LogP contribution in [0.4, 0.5) is 0 Å². The molecule has 1 aromatic carbocycles. The average molecular weight is 218 g/mol. The molecule has 0 saturated heterocycles. The first-order valence-electron chi connectivity index (χ1n) is 3.32. The molecule has 0 fully saturated rings. The van der Waals surface area contributed by atoms with Gasteiger partial charge in [0.2, 0.25) is 0 Å². The van der Waals surface area contributed by atoms with Crippen molar-refractivity contribution in [3.8, 4) is 5.75 Å². The standard InChI is InChI=1S/C7H8NO3S2/c1-12-6-3-2-5(9)4-7(6)13(8,10)11/h2-4,8-9H,1H3. The molecule has 1 radical (unpaired) electrons. The fraction of sp³-hybridized carbons (Fsp3) is 0.143. The molecule has 0 aliphatic rings. The highest BCUT2D eigenvalue weighted by Gasteiger charge is 2.14. The second kappa shape index (κ2) is 3.57. The summed E-state index contributed by atoms with van der Waals surface area (Å²) in [5, 5.41) is 15.9. The van der Waals surface area contributed by atoms with Gasteiger partial charge in [0.15, 0.2) is 0 Å². The van der Waals surface area contributed by atoms with Crippen LogP contribution in [-0.4, -0.2) is 19.8 Å². The largest absolute Gasteiger partial charge is 0.508 e. The summed E-state index contributed by atoms with van der Waals surface area (Å²) < 4.78 is 21.8. The van der Waals surface area contributed by atoms with E-state index in [-0.39, 0.29) is 10.6 Å². The minimum absolute atomic E-state index is 0.149. The van der Waals surface area contributed by atoms with Gasteiger partial charge in [-0.25, -0.2) is 8.42 Å². The van der Waals surface area contributed by atoms with Crippen molar-refractivity contribution >= 4 is 21.8 Å². The zero-order valence-electron chi connectivity index (χ0n) is 6.81. The number of rotatable bonds is 2. The third kappa shape index (κ3) is 2.36. The molecule has 2 N–H and O–H groups in total. The number of sulfonamides is 1. The van der Waals surface area contributed by atoms with E-state index in [4.69, 9.17) is 10.2 Å². The van der Waals surface area contributed by atoms with Crippen LogP contribution < -0.4 is 5.14 Å². The number of phenolic OH excluding ortho intramolecular Hbond substituents is 1. The van der Waals surface area contributed by atoms with Crippen LogP contribution in [-0.2, 0) is 10.0 Å². The second-order valence-corrected chi connectivity index (χ2v) is 4.63. The Labute approximate surface area is 80.8 Å². The second-order valence-electron chi connectivity index (χ2n) is 2.34. The minimum atomic E-state index is -4.00. The maximum absolute atomic E-state index is 10.9. The maximum Gasteiger partial charge on any atom is 0.255 e. The lowest BCUT2D eigenvalue weighted by Crippen LogP contribution is -2.02. The number of hydrogen-bond acceptors (Lipinski definition) is 4. The van der Waals surface area contributed by atoms with Gasteiger partial charge < -0.3 is 5.11 Å². The molecule has 0 aromatic heterocycles. The van der Waals surface area contributed by atoms with Crippen molar-refractivity contribution in [2.75, 3.05) is 6.26 Å². The molecule has 0 heterocycles. The van der Waals surface area contributed by atoms with Crippen molar-refractivity contribution in [3.63, 3.8) is 0 Å². The molecule has 0 aliphatic carbocycles. The van der Waals surface area contributed by atoms with Crippen LogP contribution in [0.3, 0.4) is 0 Å². The summed E-state index contributed by atoms with van der Waals surface area (Å²) in [5.41, 5.74) is 0. The molecule has 0 saturated carbocycles. The van der Waals surface area contributed by atoms with Crippen molar-refractivity contribution in [2.45, 2.75) is 9.79 Å². The summed E-state index contributed by atoms with van der Waals surface area (Å²) in [7, 11) is -4.00. The molecule has 0 amide bonds. The van der Waals surface area contributed by atoms with Crippen LogP contribution in [0, 0.1) is 0 Å². The molecule has 1 aromatic rings. The molecule has 0 spiro atoms. The smallest absolute Gasteiger partial charge is 0.255 e. The Morgan fingerprint density at radius 2 is 2.08 bits per heavy atom. The Kier molecular flexibility index (Phi) is 2.84. The van der Waals surface area contributed by atoms with Crippen LogP contribution in [0.25, 0.3) is 0 Å². The van der Waals surface area contributed by atoms with E-state index in [1.807, 2.05) is 0 Å². The zero-order valence-corrected chi connectivity index (χ0v) is 8.45. The zero-order chi connectivity index (χ0) is 10.1. The normalized spacial score (nSPS) is 11.5. The van der Waals surface area contributed by atoms with Gasteiger partial charge in [-0.05, 0) is 18.4 Å². The van der Waals surface area contributed by atoms with E-state index in [0.717, 1.165) is 6.07 Å².